The number of hydrogen-bond acceptors (Lipinski definition) is 5. The topological polar surface area (TPSA) is 64.5 Å². The number of benzene rings is 6. The molecule has 2 bridgehead atoms. The van der Waals surface area contributed by atoms with Crippen molar-refractivity contribution in [2.45, 2.75) is 37.5 Å². The van der Waals surface area contributed by atoms with Crippen LogP contribution in [0.4, 0.5) is 0 Å². The predicted molar refractivity (Wildman–Crippen MR) is 239 cm³/mol. The number of pyridine rings is 1. The summed E-state index contributed by atoms with van der Waals surface area (Å²) in [6, 6.07) is 59.7. The fraction of sp³-hybridized carbons (Fsp3) is 0.130. The lowest BCUT2D eigenvalue weighted by Crippen LogP contribution is -2.19. The van der Waals surface area contributed by atoms with Crippen molar-refractivity contribution in [2.75, 3.05) is 0 Å². The monoisotopic (exact) mass is 759 g/mol. The van der Waals surface area contributed by atoms with Crippen molar-refractivity contribution >= 4 is 10.8 Å². The number of hydrogen-bond donors (Lipinski definition) is 0. The Hall–Kier alpha value is -7.11. The fourth-order valence-corrected chi connectivity index (χ4v) is 9.55. The third-order valence-electron chi connectivity index (χ3n) is 12.7. The average molecular weight is 760 g/mol. The number of fused-ring (bicyclic) bond motifs is 3. The molecule has 5 nitrogen and oxygen atoms in total. The summed E-state index contributed by atoms with van der Waals surface area (Å²) in [4.78, 5) is 25.1. The molecule has 0 amide bonds. The molecule has 0 radical (unpaired) electrons. The van der Waals surface area contributed by atoms with Crippen LogP contribution < -0.4 is 0 Å². The van der Waals surface area contributed by atoms with E-state index in [1.807, 2.05) is 24.4 Å². The van der Waals surface area contributed by atoms with E-state index in [4.69, 9.17) is 19.9 Å². The second kappa shape index (κ2) is 14.7. The molecular weight excluding hydrogens is 719 g/mol. The van der Waals surface area contributed by atoms with Crippen LogP contribution in [0.5, 0.6) is 0 Å². The van der Waals surface area contributed by atoms with Gasteiger partial charge in [-0.2, -0.15) is 0 Å². The molecule has 5 heteroatoms. The van der Waals surface area contributed by atoms with E-state index in [0.29, 0.717) is 11.2 Å². The van der Waals surface area contributed by atoms with Crippen LogP contribution in [0.25, 0.3) is 89.7 Å². The minimum absolute atomic E-state index is 0.322. The molecule has 11 rings (SSSR count). The minimum atomic E-state index is 0.322. The minimum Gasteiger partial charge on any atom is -0.264 e. The molecule has 0 unspecified atom stereocenters. The molecular formula is C54H41N5. The molecule has 2 aliphatic rings. The Morgan fingerprint density at radius 2 is 1.02 bits per heavy atom. The summed E-state index contributed by atoms with van der Waals surface area (Å²) in [5.74, 6) is 2.29. The van der Waals surface area contributed by atoms with E-state index >= 15 is 0 Å². The van der Waals surface area contributed by atoms with Gasteiger partial charge in [0, 0.05) is 45.8 Å². The van der Waals surface area contributed by atoms with Crippen LogP contribution in [0.3, 0.4) is 0 Å². The van der Waals surface area contributed by atoms with Crippen molar-refractivity contribution in [2.24, 2.45) is 5.92 Å². The van der Waals surface area contributed by atoms with Gasteiger partial charge in [0.15, 0.2) is 11.6 Å². The van der Waals surface area contributed by atoms with Gasteiger partial charge >= 0.3 is 0 Å². The molecule has 0 N–H and O–H groups in total. The number of aromatic nitrogens is 5. The highest BCUT2D eigenvalue weighted by atomic mass is 14.9. The van der Waals surface area contributed by atoms with Crippen molar-refractivity contribution in [3.8, 4) is 78.9 Å². The van der Waals surface area contributed by atoms with Gasteiger partial charge in [-0.1, -0.05) is 140 Å². The van der Waals surface area contributed by atoms with Crippen LogP contribution in [-0.2, 0) is 5.41 Å². The van der Waals surface area contributed by atoms with E-state index in [1.165, 1.54) is 37.7 Å². The molecule has 282 valence electrons. The second-order valence-electron chi connectivity index (χ2n) is 16.2. The number of rotatable bonds is 8. The Morgan fingerprint density at radius 3 is 1.73 bits per heavy atom. The van der Waals surface area contributed by atoms with E-state index in [9.17, 15) is 0 Å². The maximum absolute atomic E-state index is 5.24. The van der Waals surface area contributed by atoms with Crippen molar-refractivity contribution in [1.82, 2.24) is 24.9 Å². The molecule has 0 atom stereocenters. The summed E-state index contributed by atoms with van der Waals surface area (Å²) in [7, 11) is 0. The molecule has 0 spiro atoms. The quantitative estimate of drug-likeness (QED) is 0.154. The molecule has 9 aromatic rings. The molecule has 0 aliphatic heterocycles. The highest BCUT2D eigenvalue weighted by Gasteiger charge is 2.45. The lowest BCUT2D eigenvalue weighted by molar-refractivity contribution is 0.419. The molecule has 2 saturated carbocycles. The van der Waals surface area contributed by atoms with Gasteiger partial charge in [0.25, 0.3) is 0 Å². The summed E-state index contributed by atoms with van der Waals surface area (Å²) in [6.45, 7) is 0. The van der Waals surface area contributed by atoms with Crippen LogP contribution >= 0.6 is 0 Å². The first-order valence-electron chi connectivity index (χ1n) is 20.7. The predicted octanol–water partition coefficient (Wildman–Crippen LogP) is 13.3. The van der Waals surface area contributed by atoms with E-state index in [0.717, 1.165) is 89.8 Å². The molecule has 2 aliphatic carbocycles. The third kappa shape index (κ3) is 6.69. The van der Waals surface area contributed by atoms with Gasteiger partial charge in [-0.05, 0) is 101 Å². The largest absolute Gasteiger partial charge is 0.264 e. The first-order valence-corrected chi connectivity index (χ1v) is 20.7. The van der Waals surface area contributed by atoms with E-state index in [-0.39, 0.29) is 0 Å². The Balaban J connectivity index is 1.00. The zero-order valence-corrected chi connectivity index (χ0v) is 32.7. The van der Waals surface area contributed by atoms with Crippen LogP contribution in [0.2, 0.25) is 0 Å². The SMILES string of the molecule is c1ccc(-c2cc(-c3ccc(-c4cccnc4)cc3)nc(-c3ccc4c(-c5cc(-c6cccc(C78CCC(CC7)C8)c6)nc(-c6ccccc6)n5)cccc4c3)n2)cc1. The smallest absolute Gasteiger partial charge is 0.160 e. The van der Waals surface area contributed by atoms with Crippen LogP contribution in [0.15, 0.2) is 182 Å². The van der Waals surface area contributed by atoms with Crippen molar-refractivity contribution in [3.63, 3.8) is 0 Å². The summed E-state index contributed by atoms with van der Waals surface area (Å²) >= 11 is 0. The van der Waals surface area contributed by atoms with Gasteiger partial charge in [0.05, 0.1) is 22.8 Å². The van der Waals surface area contributed by atoms with E-state index in [1.54, 1.807) is 6.20 Å². The Bertz CT molecular complexity index is 2960. The zero-order chi connectivity index (χ0) is 39.2. The number of nitrogens with zero attached hydrogens (tertiary/aromatic N) is 5. The van der Waals surface area contributed by atoms with Crippen molar-refractivity contribution in [1.29, 1.82) is 0 Å². The van der Waals surface area contributed by atoms with Gasteiger partial charge in [0.1, 0.15) is 0 Å². The summed E-state index contributed by atoms with van der Waals surface area (Å²) in [5.41, 5.74) is 13.8. The van der Waals surface area contributed by atoms with Crippen LogP contribution in [0, 0.1) is 5.92 Å². The summed E-state index contributed by atoms with van der Waals surface area (Å²) in [6.07, 6.45) is 10.3. The van der Waals surface area contributed by atoms with Crippen molar-refractivity contribution in [3.05, 3.63) is 188 Å². The lowest BCUT2D eigenvalue weighted by Gasteiger charge is -2.27. The van der Waals surface area contributed by atoms with Crippen molar-refractivity contribution < 1.29 is 0 Å². The van der Waals surface area contributed by atoms with Gasteiger partial charge < -0.3 is 0 Å². The molecule has 6 aromatic carbocycles. The third-order valence-corrected chi connectivity index (χ3v) is 12.7. The molecule has 2 fully saturated rings. The Labute approximate surface area is 344 Å². The molecule has 3 heterocycles. The standard InChI is InChI=1S/C54H41N5/c1-3-10-38(11-4-1)48-32-49(39-21-19-37(20-22-39)44-16-9-29-55-35-44)57-53(56-48)43-23-24-46-41(30-43)14-8-18-47(46)51-33-50(58-52(59-51)40-12-5-2-6-13-40)42-15-7-17-45(31-42)54-27-25-36(34-54)26-28-54/h1-24,29-33,35-36H,25-28,34H2. The Kier molecular flexibility index (Phi) is 8.73. The maximum Gasteiger partial charge on any atom is 0.160 e. The highest BCUT2D eigenvalue weighted by Crippen LogP contribution is 2.55. The van der Waals surface area contributed by atoms with Gasteiger partial charge in [0.2, 0.25) is 0 Å². The second-order valence-corrected chi connectivity index (χ2v) is 16.2. The van der Waals surface area contributed by atoms with Gasteiger partial charge in [-0.3, -0.25) is 4.98 Å². The zero-order valence-electron chi connectivity index (χ0n) is 32.7. The Morgan fingerprint density at radius 1 is 0.424 bits per heavy atom. The first-order chi connectivity index (χ1) is 29.1. The van der Waals surface area contributed by atoms with E-state index in [2.05, 4.69) is 157 Å². The van der Waals surface area contributed by atoms with Gasteiger partial charge in [-0.25, -0.2) is 19.9 Å². The molecule has 59 heavy (non-hydrogen) atoms. The molecule has 0 saturated heterocycles. The highest BCUT2D eigenvalue weighted by molar-refractivity contribution is 5.98. The van der Waals surface area contributed by atoms with Crippen LogP contribution in [0.1, 0.15) is 37.7 Å². The first kappa shape index (κ1) is 35.1. The lowest BCUT2D eigenvalue weighted by atomic mass is 9.77. The molecule has 3 aromatic heterocycles. The average Bonchev–Trinajstić information content (AvgIpc) is 3.95. The fourth-order valence-electron chi connectivity index (χ4n) is 9.55. The maximum atomic E-state index is 5.24. The van der Waals surface area contributed by atoms with E-state index < -0.39 is 0 Å². The van der Waals surface area contributed by atoms with Crippen LogP contribution in [-0.4, -0.2) is 24.9 Å². The summed E-state index contributed by atoms with van der Waals surface area (Å²) in [5, 5.41) is 2.21. The normalized spacial score (nSPS) is 17.1. The summed E-state index contributed by atoms with van der Waals surface area (Å²) < 4.78 is 0. The van der Waals surface area contributed by atoms with Gasteiger partial charge in [-0.15, -0.1) is 0 Å².